The van der Waals surface area contributed by atoms with E-state index < -0.39 is 0 Å². The molecule has 0 bridgehead atoms. The van der Waals surface area contributed by atoms with Gasteiger partial charge in [0.15, 0.2) is 5.13 Å². The molecule has 0 spiro atoms. The van der Waals surface area contributed by atoms with Gasteiger partial charge in [0.2, 0.25) is 5.91 Å². The molecule has 0 radical (unpaired) electrons. The lowest BCUT2D eigenvalue weighted by Gasteiger charge is -2.22. The van der Waals surface area contributed by atoms with Crippen molar-refractivity contribution in [1.82, 2.24) is 9.88 Å². The molecule has 0 aliphatic heterocycles. The SMILES string of the molecule is Cc1cc(C)c2nc(N(CCN(C)C)C(=O)CCOc3ccccc3)sc2c1.Cl. The van der Waals surface area contributed by atoms with Crippen LogP contribution in [0.1, 0.15) is 17.5 Å². The first-order valence-corrected chi connectivity index (χ1v) is 10.3. The Hall–Kier alpha value is -2.15. The molecule has 0 aliphatic carbocycles. The van der Waals surface area contributed by atoms with Crippen LogP contribution < -0.4 is 9.64 Å². The summed E-state index contributed by atoms with van der Waals surface area (Å²) in [5.41, 5.74) is 3.33. The van der Waals surface area contributed by atoms with Gasteiger partial charge in [0.1, 0.15) is 5.75 Å². The maximum Gasteiger partial charge on any atom is 0.232 e. The van der Waals surface area contributed by atoms with E-state index >= 15 is 0 Å². The van der Waals surface area contributed by atoms with Crippen LogP contribution in [0.25, 0.3) is 10.2 Å². The predicted molar refractivity (Wildman–Crippen MR) is 124 cm³/mol. The third-order valence-electron chi connectivity index (χ3n) is 4.45. The lowest BCUT2D eigenvalue weighted by molar-refractivity contribution is -0.119. The molecule has 3 aromatic rings. The van der Waals surface area contributed by atoms with Crippen molar-refractivity contribution < 1.29 is 9.53 Å². The molecule has 29 heavy (non-hydrogen) atoms. The number of likely N-dealkylation sites (N-methyl/N-ethyl adjacent to an activating group) is 1. The van der Waals surface area contributed by atoms with Gasteiger partial charge in [0.05, 0.1) is 23.2 Å². The molecule has 0 saturated carbocycles. The van der Waals surface area contributed by atoms with E-state index in [9.17, 15) is 4.79 Å². The minimum Gasteiger partial charge on any atom is -0.493 e. The number of halogens is 1. The number of aromatic nitrogens is 1. The Morgan fingerprint density at radius 2 is 1.83 bits per heavy atom. The molecular formula is C22H28ClN3O2S. The zero-order valence-electron chi connectivity index (χ0n) is 17.3. The van der Waals surface area contributed by atoms with Crippen molar-refractivity contribution in [3.05, 3.63) is 53.6 Å². The van der Waals surface area contributed by atoms with E-state index in [1.807, 2.05) is 44.4 Å². The summed E-state index contributed by atoms with van der Waals surface area (Å²) in [7, 11) is 4.01. The molecule has 0 N–H and O–H groups in total. The largest absolute Gasteiger partial charge is 0.493 e. The zero-order valence-corrected chi connectivity index (χ0v) is 19.0. The van der Waals surface area contributed by atoms with E-state index in [0.717, 1.165) is 33.2 Å². The molecule has 1 amide bonds. The zero-order chi connectivity index (χ0) is 20.1. The number of carbonyl (C=O) groups is 1. The Morgan fingerprint density at radius 3 is 2.52 bits per heavy atom. The molecule has 0 aliphatic rings. The van der Waals surface area contributed by atoms with Crippen LogP contribution in [0.15, 0.2) is 42.5 Å². The van der Waals surface area contributed by atoms with E-state index in [4.69, 9.17) is 9.72 Å². The maximum atomic E-state index is 13.0. The van der Waals surface area contributed by atoms with Crippen molar-refractivity contribution >= 4 is 45.0 Å². The topological polar surface area (TPSA) is 45.7 Å². The molecule has 1 heterocycles. The number of nitrogens with zero attached hydrogens (tertiary/aromatic N) is 3. The Labute approximate surface area is 182 Å². The molecule has 3 rings (SSSR count). The van der Waals surface area contributed by atoms with Crippen LogP contribution in [0.2, 0.25) is 0 Å². The molecule has 156 valence electrons. The van der Waals surface area contributed by atoms with Crippen molar-refractivity contribution in [3.63, 3.8) is 0 Å². The fourth-order valence-corrected chi connectivity index (χ4v) is 4.19. The first-order valence-electron chi connectivity index (χ1n) is 9.45. The van der Waals surface area contributed by atoms with Gasteiger partial charge in [-0.3, -0.25) is 9.69 Å². The van der Waals surface area contributed by atoms with Gasteiger partial charge in [0.25, 0.3) is 0 Å². The van der Waals surface area contributed by atoms with E-state index in [-0.39, 0.29) is 18.3 Å². The quantitative estimate of drug-likeness (QED) is 0.516. The number of hydrogen-bond acceptors (Lipinski definition) is 5. The number of benzene rings is 2. The van der Waals surface area contributed by atoms with Gasteiger partial charge in [-0.15, -0.1) is 12.4 Å². The minimum absolute atomic E-state index is 0. The van der Waals surface area contributed by atoms with Crippen LogP contribution in [0.3, 0.4) is 0 Å². The summed E-state index contributed by atoms with van der Waals surface area (Å²) in [6.07, 6.45) is 0.316. The highest BCUT2D eigenvalue weighted by atomic mass is 35.5. The standard InChI is InChI=1S/C22H27N3O2S.ClH/c1-16-14-17(2)21-19(15-16)28-22(23-21)25(12-11-24(3)4)20(26)10-13-27-18-8-6-5-7-9-18;/h5-9,14-15H,10-13H2,1-4H3;1H. The van der Waals surface area contributed by atoms with Crippen molar-refractivity contribution in [3.8, 4) is 5.75 Å². The lowest BCUT2D eigenvalue weighted by atomic mass is 10.1. The average molecular weight is 434 g/mol. The number of amides is 1. The number of ether oxygens (including phenoxy) is 1. The molecule has 0 atom stereocenters. The van der Waals surface area contributed by atoms with Crippen LogP contribution in [0.4, 0.5) is 5.13 Å². The fraction of sp³-hybridized carbons (Fsp3) is 0.364. The Morgan fingerprint density at radius 1 is 1.10 bits per heavy atom. The highest BCUT2D eigenvalue weighted by Gasteiger charge is 2.20. The minimum atomic E-state index is 0. The van der Waals surface area contributed by atoms with E-state index in [1.54, 1.807) is 16.2 Å². The molecule has 0 saturated heterocycles. The highest BCUT2D eigenvalue weighted by molar-refractivity contribution is 7.22. The Balaban J connectivity index is 0.00000300. The molecule has 1 aromatic heterocycles. The van der Waals surface area contributed by atoms with Crippen LogP contribution in [0.5, 0.6) is 5.75 Å². The van der Waals surface area contributed by atoms with Gasteiger partial charge in [-0.1, -0.05) is 35.6 Å². The van der Waals surface area contributed by atoms with Crippen LogP contribution in [-0.4, -0.2) is 49.6 Å². The second-order valence-corrected chi connectivity index (χ2v) is 8.19. The summed E-state index contributed by atoms with van der Waals surface area (Å²) in [6, 6.07) is 13.8. The Kier molecular flexibility index (Phi) is 8.44. The van der Waals surface area contributed by atoms with Gasteiger partial charge >= 0.3 is 0 Å². The van der Waals surface area contributed by atoms with Gasteiger partial charge in [-0.05, 0) is 57.3 Å². The maximum absolute atomic E-state index is 13.0. The molecule has 7 heteroatoms. The number of thiazole rings is 1. The number of hydrogen-bond donors (Lipinski definition) is 0. The van der Waals surface area contributed by atoms with Gasteiger partial charge in [-0.2, -0.15) is 0 Å². The molecule has 0 unspecified atom stereocenters. The van der Waals surface area contributed by atoms with Crippen LogP contribution >= 0.6 is 23.7 Å². The number of anilines is 1. The summed E-state index contributed by atoms with van der Waals surface area (Å²) < 4.78 is 6.83. The average Bonchev–Trinajstić information content (AvgIpc) is 3.06. The molecule has 5 nitrogen and oxygen atoms in total. The third kappa shape index (κ3) is 6.16. The predicted octanol–water partition coefficient (Wildman–Crippen LogP) is 4.70. The van der Waals surface area contributed by atoms with Gasteiger partial charge in [-0.25, -0.2) is 4.98 Å². The number of rotatable bonds is 8. The summed E-state index contributed by atoms with van der Waals surface area (Å²) >= 11 is 1.58. The van der Waals surface area contributed by atoms with E-state index in [2.05, 4.69) is 30.9 Å². The number of para-hydroxylation sites is 1. The summed E-state index contributed by atoms with van der Waals surface area (Å²) in [6.45, 7) is 5.89. The summed E-state index contributed by atoms with van der Waals surface area (Å²) in [5, 5.41) is 0.760. The number of fused-ring (bicyclic) bond motifs is 1. The molecule has 0 fully saturated rings. The fourth-order valence-electron chi connectivity index (χ4n) is 3.01. The van der Waals surface area contributed by atoms with Crippen molar-refractivity contribution in [1.29, 1.82) is 0 Å². The second kappa shape index (κ2) is 10.6. The monoisotopic (exact) mass is 433 g/mol. The summed E-state index contributed by atoms with van der Waals surface area (Å²) in [5.74, 6) is 0.812. The van der Waals surface area contributed by atoms with Crippen LogP contribution in [-0.2, 0) is 4.79 Å². The number of aryl methyl sites for hydroxylation is 2. The lowest BCUT2D eigenvalue weighted by Crippen LogP contribution is -2.37. The van der Waals surface area contributed by atoms with E-state index in [1.165, 1.54) is 5.56 Å². The second-order valence-electron chi connectivity index (χ2n) is 7.19. The molecule has 2 aromatic carbocycles. The third-order valence-corrected chi connectivity index (χ3v) is 5.47. The van der Waals surface area contributed by atoms with E-state index in [0.29, 0.717) is 19.6 Å². The van der Waals surface area contributed by atoms with Gasteiger partial charge in [0, 0.05) is 13.1 Å². The highest BCUT2D eigenvalue weighted by Crippen LogP contribution is 2.32. The Bertz CT molecular complexity index is 944. The van der Waals surface area contributed by atoms with Crippen LogP contribution in [0, 0.1) is 13.8 Å². The van der Waals surface area contributed by atoms with Crippen molar-refractivity contribution in [2.24, 2.45) is 0 Å². The number of carbonyl (C=O) groups excluding carboxylic acids is 1. The summed E-state index contributed by atoms with van der Waals surface area (Å²) in [4.78, 5) is 21.6. The van der Waals surface area contributed by atoms with Gasteiger partial charge < -0.3 is 9.64 Å². The first-order chi connectivity index (χ1) is 13.4. The molecular weight excluding hydrogens is 406 g/mol. The normalized spacial score (nSPS) is 10.8. The van der Waals surface area contributed by atoms with Crippen molar-refractivity contribution in [2.45, 2.75) is 20.3 Å². The van der Waals surface area contributed by atoms with Crippen molar-refractivity contribution in [2.75, 3.05) is 38.7 Å². The first kappa shape index (κ1) is 23.1. The smallest absolute Gasteiger partial charge is 0.232 e.